The van der Waals surface area contributed by atoms with Crippen molar-refractivity contribution >= 4 is 40.7 Å². The van der Waals surface area contributed by atoms with Crippen molar-refractivity contribution in [3.63, 3.8) is 0 Å². The summed E-state index contributed by atoms with van der Waals surface area (Å²) in [5.41, 5.74) is 1.40. The van der Waals surface area contributed by atoms with Crippen LogP contribution < -0.4 is 0 Å². The van der Waals surface area contributed by atoms with Gasteiger partial charge in [0.1, 0.15) is 5.15 Å². The van der Waals surface area contributed by atoms with Gasteiger partial charge in [0.2, 0.25) is 0 Å². The number of Topliss-reactive ketones (excluding diaryl/α,β-unsaturated/α-hetero) is 1. The molecule has 0 atom stereocenters. The molecule has 0 fully saturated rings. The Kier molecular flexibility index (Phi) is 4.80. The van der Waals surface area contributed by atoms with Gasteiger partial charge in [0.05, 0.1) is 5.75 Å². The highest BCUT2D eigenvalue weighted by atomic mass is 35.5. The van der Waals surface area contributed by atoms with Crippen LogP contribution >= 0.6 is 35.0 Å². The first kappa shape index (κ1) is 14.3. The second kappa shape index (κ2) is 6.37. The summed E-state index contributed by atoms with van der Waals surface area (Å²) in [7, 11) is 0. The average Bonchev–Trinajstić information content (AvgIpc) is 2.36. The van der Waals surface area contributed by atoms with E-state index in [9.17, 15) is 4.79 Å². The lowest BCUT2D eigenvalue weighted by Crippen LogP contribution is -2.03. The molecule has 0 aliphatic rings. The van der Waals surface area contributed by atoms with Crippen molar-refractivity contribution in [3.8, 4) is 0 Å². The fourth-order valence-electron chi connectivity index (χ4n) is 1.42. The minimum absolute atomic E-state index is 0.00268. The van der Waals surface area contributed by atoms with Gasteiger partial charge >= 0.3 is 0 Å². The van der Waals surface area contributed by atoms with E-state index in [0.717, 1.165) is 5.69 Å². The summed E-state index contributed by atoms with van der Waals surface area (Å²) in [6.07, 6.45) is 0. The minimum atomic E-state index is 0.00268. The molecule has 0 unspecified atom stereocenters. The second-order valence-electron chi connectivity index (χ2n) is 3.83. The van der Waals surface area contributed by atoms with E-state index in [1.54, 1.807) is 30.3 Å². The molecular weight excluding hydrogens is 303 g/mol. The van der Waals surface area contributed by atoms with Crippen LogP contribution in [0.15, 0.2) is 35.5 Å². The summed E-state index contributed by atoms with van der Waals surface area (Å²) in [5.74, 6) is 0.268. The Morgan fingerprint density at radius 1 is 1.21 bits per heavy atom. The van der Waals surface area contributed by atoms with Crippen LogP contribution in [0.1, 0.15) is 16.1 Å². The maximum Gasteiger partial charge on any atom is 0.189 e. The minimum Gasteiger partial charge on any atom is -0.293 e. The van der Waals surface area contributed by atoms with Crippen molar-refractivity contribution in [1.82, 2.24) is 9.97 Å². The van der Waals surface area contributed by atoms with Crippen molar-refractivity contribution in [2.24, 2.45) is 0 Å². The molecule has 2 rings (SSSR count). The number of ketones is 1. The predicted octanol–water partition coefficient (Wildman–Crippen LogP) is 4.07. The lowest BCUT2D eigenvalue weighted by atomic mass is 10.1. The normalized spacial score (nSPS) is 10.5. The number of thioether (sulfide) groups is 1. The van der Waals surface area contributed by atoms with Gasteiger partial charge in [-0.1, -0.05) is 35.0 Å². The van der Waals surface area contributed by atoms with Crippen LogP contribution in [0.3, 0.4) is 0 Å². The van der Waals surface area contributed by atoms with E-state index in [1.165, 1.54) is 11.8 Å². The van der Waals surface area contributed by atoms with Gasteiger partial charge in [-0.05, 0) is 37.3 Å². The van der Waals surface area contributed by atoms with Crippen molar-refractivity contribution < 1.29 is 4.79 Å². The fourth-order valence-corrected chi connectivity index (χ4v) is 2.63. The summed E-state index contributed by atoms with van der Waals surface area (Å²) in [5, 5.41) is 1.50. The lowest BCUT2D eigenvalue weighted by molar-refractivity contribution is 0.102. The molecule has 0 aliphatic carbocycles. The maximum atomic E-state index is 11.9. The topological polar surface area (TPSA) is 42.9 Å². The van der Waals surface area contributed by atoms with Crippen molar-refractivity contribution in [3.05, 3.63) is 51.8 Å². The Morgan fingerprint density at radius 3 is 2.53 bits per heavy atom. The first-order valence-corrected chi connectivity index (χ1v) is 7.21. The highest BCUT2D eigenvalue weighted by molar-refractivity contribution is 7.99. The van der Waals surface area contributed by atoms with Crippen molar-refractivity contribution in [1.29, 1.82) is 0 Å². The molecule has 19 heavy (non-hydrogen) atoms. The zero-order valence-electron chi connectivity index (χ0n) is 10.1. The van der Waals surface area contributed by atoms with Crippen LogP contribution in [0.2, 0.25) is 10.2 Å². The summed E-state index contributed by atoms with van der Waals surface area (Å²) < 4.78 is 0. The molecule has 0 amide bonds. The molecule has 0 saturated heterocycles. The molecular formula is C13H10Cl2N2OS. The Labute approximate surface area is 125 Å². The highest BCUT2D eigenvalue weighted by Gasteiger charge is 2.09. The molecule has 1 heterocycles. The van der Waals surface area contributed by atoms with Gasteiger partial charge in [-0.3, -0.25) is 4.79 Å². The summed E-state index contributed by atoms with van der Waals surface area (Å²) >= 11 is 12.9. The van der Waals surface area contributed by atoms with Crippen LogP contribution in [-0.4, -0.2) is 21.5 Å². The third-order valence-electron chi connectivity index (χ3n) is 2.30. The lowest BCUT2D eigenvalue weighted by Gasteiger charge is -2.02. The van der Waals surface area contributed by atoms with E-state index in [1.807, 2.05) is 6.92 Å². The fraction of sp³-hybridized carbons (Fsp3) is 0.154. The molecule has 2 aromatic rings. The van der Waals surface area contributed by atoms with Crippen LogP contribution in [0.5, 0.6) is 0 Å². The van der Waals surface area contributed by atoms with E-state index >= 15 is 0 Å². The van der Waals surface area contributed by atoms with E-state index in [2.05, 4.69) is 9.97 Å². The number of aryl methyl sites for hydroxylation is 1. The molecule has 1 aromatic carbocycles. The number of benzene rings is 1. The zero-order valence-corrected chi connectivity index (χ0v) is 12.4. The number of halogens is 2. The Hall–Kier alpha value is -1.10. The quantitative estimate of drug-likeness (QED) is 0.369. The van der Waals surface area contributed by atoms with Gasteiger partial charge < -0.3 is 0 Å². The third-order valence-corrected chi connectivity index (χ3v) is 3.59. The molecule has 98 valence electrons. The first-order chi connectivity index (χ1) is 9.04. The predicted molar refractivity (Wildman–Crippen MR) is 78.3 cm³/mol. The van der Waals surface area contributed by atoms with Gasteiger partial charge in [0.25, 0.3) is 0 Å². The molecule has 0 aliphatic heterocycles. The van der Waals surface area contributed by atoms with Gasteiger partial charge in [-0.25, -0.2) is 9.97 Å². The van der Waals surface area contributed by atoms with Crippen LogP contribution in [0, 0.1) is 6.92 Å². The van der Waals surface area contributed by atoms with Crippen LogP contribution in [0.4, 0.5) is 0 Å². The molecule has 0 saturated carbocycles. The maximum absolute atomic E-state index is 11.9. The summed E-state index contributed by atoms with van der Waals surface area (Å²) in [4.78, 5) is 20.2. The largest absolute Gasteiger partial charge is 0.293 e. The van der Waals surface area contributed by atoms with Gasteiger partial charge in [-0.15, -0.1) is 0 Å². The molecule has 1 aromatic heterocycles. The van der Waals surface area contributed by atoms with E-state index in [-0.39, 0.29) is 11.5 Å². The number of carbonyl (C=O) groups is 1. The summed E-state index contributed by atoms with van der Waals surface area (Å²) in [6, 6.07) is 8.47. The number of hydrogen-bond acceptors (Lipinski definition) is 4. The van der Waals surface area contributed by atoms with Gasteiger partial charge in [0, 0.05) is 16.3 Å². The number of hydrogen-bond donors (Lipinski definition) is 0. The van der Waals surface area contributed by atoms with Gasteiger partial charge in [-0.2, -0.15) is 0 Å². The highest BCUT2D eigenvalue weighted by Crippen LogP contribution is 2.18. The van der Waals surface area contributed by atoms with Gasteiger partial charge in [0.15, 0.2) is 10.9 Å². The monoisotopic (exact) mass is 312 g/mol. The zero-order chi connectivity index (χ0) is 13.8. The first-order valence-electron chi connectivity index (χ1n) is 5.47. The van der Waals surface area contributed by atoms with Crippen LogP contribution in [-0.2, 0) is 0 Å². The molecule has 3 nitrogen and oxygen atoms in total. The standard InChI is InChI=1S/C13H10Cl2N2OS/c1-8-6-12(15)17-13(16-8)19-7-11(18)9-2-4-10(14)5-3-9/h2-6H,7H2,1H3. The van der Waals surface area contributed by atoms with Crippen molar-refractivity contribution in [2.45, 2.75) is 12.1 Å². The average molecular weight is 313 g/mol. The summed E-state index contributed by atoms with van der Waals surface area (Å²) in [6.45, 7) is 1.83. The van der Waals surface area contributed by atoms with Crippen molar-refractivity contribution in [2.75, 3.05) is 5.75 Å². The van der Waals surface area contributed by atoms with Crippen LogP contribution in [0.25, 0.3) is 0 Å². The smallest absolute Gasteiger partial charge is 0.189 e. The molecule has 0 spiro atoms. The molecule has 0 radical (unpaired) electrons. The number of aromatic nitrogens is 2. The number of carbonyl (C=O) groups excluding carboxylic acids is 1. The third kappa shape index (κ3) is 4.20. The SMILES string of the molecule is Cc1cc(Cl)nc(SCC(=O)c2ccc(Cl)cc2)n1. The number of rotatable bonds is 4. The van der Waals surface area contributed by atoms with E-state index in [0.29, 0.717) is 20.9 Å². The molecule has 6 heteroatoms. The van der Waals surface area contributed by atoms with E-state index in [4.69, 9.17) is 23.2 Å². The Morgan fingerprint density at radius 2 is 1.89 bits per heavy atom. The number of nitrogens with zero attached hydrogens (tertiary/aromatic N) is 2. The molecule has 0 N–H and O–H groups in total. The second-order valence-corrected chi connectivity index (χ2v) is 5.60. The van der Waals surface area contributed by atoms with E-state index < -0.39 is 0 Å². The Bertz CT molecular complexity index is 582. The Balaban J connectivity index is 2.02. The molecule has 0 bridgehead atoms.